The van der Waals surface area contributed by atoms with Gasteiger partial charge in [-0.2, -0.15) is 0 Å². The number of aromatic hydroxyl groups is 1. The van der Waals surface area contributed by atoms with Gasteiger partial charge in [0.05, 0.1) is 12.3 Å². The quantitative estimate of drug-likeness (QED) is 0.492. The van der Waals surface area contributed by atoms with E-state index < -0.39 is 6.93 Å². The first-order valence-electron chi connectivity index (χ1n) is 9.99. The Hall–Kier alpha value is -3.29. The smallest absolute Gasteiger partial charge is 0.229 e. The Morgan fingerprint density at radius 3 is 2.77 bits per heavy atom. The maximum absolute atomic E-state index is 12.4. The molecule has 1 aromatic carbocycles. The van der Waals surface area contributed by atoms with Crippen molar-refractivity contribution in [2.45, 2.75) is 32.6 Å². The first kappa shape index (κ1) is 22.4. The molecular formula is C23H24F2N2O4. The van der Waals surface area contributed by atoms with Gasteiger partial charge in [0.2, 0.25) is 12.8 Å². The summed E-state index contributed by atoms with van der Waals surface area (Å²) in [6, 6.07) is 8.74. The van der Waals surface area contributed by atoms with Crippen LogP contribution < -0.4 is 4.74 Å². The molecule has 1 fully saturated rings. The van der Waals surface area contributed by atoms with Crippen molar-refractivity contribution in [3.8, 4) is 23.0 Å². The Morgan fingerprint density at radius 2 is 2.06 bits per heavy atom. The number of aryl methyl sites for hydroxylation is 2. The SMILES string of the molecule is Cc1cccnc1C(=O)CCc1coc(-c2ccc(O)c(OCC3CC3)c2)n1.FCF. The highest BCUT2D eigenvalue weighted by molar-refractivity contribution is 5.95. The molecule has 6 nitrogen and oxygen atoms in total. The second-order valence-corrected chi connectivity index (χ2v) is 7.27. The molecule has 0 amide bonds. The lowest BCUT2D eigenvalue weighted by Crippen LogP contribution is -2.06. The molecule has 0 aliphatic heterocycles. The number of hydrogen-bond donors (Lipinski definition) is 1. The lowest BCUT2D eigenvalue weighted by molar-refractivity contribution is 0.0977. The van der Waals surface area contributed by atoms with Crippen LogP contribution in [0, 0.1) is 12.8 Å². The minimum absolute atomic E-state index is 0.0111. The molecule has 0 atom stereocenters. The lowest BCUT2D eigenvalue weighted by atomic mass is 10.1. The number of phenols is 1. The minimum Gasteiger partial charge on any atom is -0.504 e. The van der Waals surface area contributed by atoms with Crippen LogP contribution in [0.5, 0.6) is 11.5 Å². The summed E-state index contributed by atoms with van der Waals surface area (Å²) in [7, 11) is 0. The van der Waals surface area contributed by atoms with Crippen LogP contribution in [0.15, 0.2) is 47.2 Å². The number of ether oxygens (including phenoxy) is 1. The number of Topliss-reactive ketones (excluding diaryl/α,β-unsaturated/α-hetero) is 1. The van der Waals surface area contributed by atoms with E-state index in [0.29, 0.717) is 48.4 Å². The van der Waals surface area contributed by atoms with Gasteiger partial charge in [0.15, 0.2) is 17.3 Å². The van der Waals surface area contributed by atoms with Crippen molar-refractivity contribution in [3.63, 3.8) is 0 Å². The van der Waals surface area contributed by atoms with Crippen molar-refractivity contribution in [2.24, 2.45) is 5.92 Å². The fourth-order valence-electron chi connectivity index (χ4n) is 2.95. The van der Waals surface area contributed by atoms with E-state index in [1.54, 1.807) is 30.7 Å². The number of hydrogen-bond acceptors (Lipinski definition) is 6. The lowest BCUT2D eigenvalue weighted by Gasteiger charge is -2.08. The molecule has 2 heterocycles. The molecular weight excluding hydrogens is 406 g/mol. The molecule has 1 aliphatic carbocycles. The van der Waals surface area contributed by atoms with Crippen LogP contribution in [-0.4, -0.2) is 34.4 Å². The number of carbonyl (C=O) groups excluding carboxylic acids is 1. The Bertz CT molecular complexity index is 1020. The summed E-state index contributed by atoms with van der Waals surface area (Å²) in [5, 5.41) is 9.98. The van der Waals surface area contributed by atoms with Gasteiger partial charge in [0.1, 0.15) is 12.0 Å². The third kappa shape index (κ3) is 6.34. The van der Waals surface area contributed by atoms with Crippen molar-refractivity contribution >= 4 is 5.78 Å². The second-order valence-electron chi connectivity index (χ2n) is 7.27. The second kappa shape index (κ2) is 10.7. The fourth-order valence-corrected chi connectivity index (χ4v) is 2.95. The van der Waals surface area contributed by atoms with E-state index in [-0.39, 0.29) is 11.5 Å². The molecule has 4 rings (SSSR count). The summed E-state index contributed by atoms with van der Waals surface area (Å²) < 4.78 is 30.5. The zero-order chi connectivity index (χ0) is 22.2. The summed E-state index contributed by atoms with van der Waals surface area (Å²) in [6.45, 7) is 0.741. The maximum atomic E-state index is 12.4. The van der Waals surface area contributed by atoms with Gasteiger partial charge >= 0.3 is 0 Å². The molecule has 31 heavy (non-hydrogen) atoms. The van der Waals surface area contributed by atoms with Crippen molar-refractivity contribution < 1.29 is 27.8 Å². The molecule has 1 saturated carbocycles. The monoisotopic (exact) mass is 430 g/mol. The van der Waals surface area contributed by atoms with Crippen LogP contribution in [0.4, 0.5) is 8.78 Å². The fraction of sp³-hybridized carbons (Fsp3) is 0.348. The molecule has 1 aliphatic rings. The Morgan fingerprint density at radius 1 is 1.29 bits per heavy atom. The van der Waals surface area contributed by atoms with Gasteiger partial charge in [-0.1, -0.05) is 6.07 Å². The number of halogens is 2. The van der Waals surface area contributed by atoms with E-state index in [1.165, 1.54) is 12.8 Å². The van der Waals surface area contributed by atoms with Crippen molar-refractivity contribution in [3.05, 3.63) is 59.7 Å². The van der Waals surface area contributed by atoms with E-state index in [4.69, 9.17) is 9.15 Å². The normalized spacial score (nSPS) is 12.7. The summed E-state index contributed by atoms with van der Waals surface area (Å²) in [5.41, 5.74) is 2.80. The third-order valence-electron chi connectivity index (χ3n) is 4.81. The molecule has 8 heteroatoms. The van der Waals surface area contributed by atoms with E-state index in [2.05, 4.69) is 9.97 Å². The summed E-state index contributed by atoms with van der Waals surface area (Å²) in [6.07, 6.45) is 6.34. The molecule has 1 N–H and O–H groups in total. The predicted molar refractivity (Wildman–Crippen MR) is 111 cm³/mol. The highest BCUT2D eigenvalue weighted by atomic mass is 19.3. The first-order chi connectivity index (χ1) is 15.0. The van der Waals surface area contributed by atoms with Gasteiger partial charge in [0.25, 0.3) is 0 Å². The largest absolute Gasteiger partial charge is 0.504 e. The zero-order valence-corrected chi connectivity index (χ0v) is 17.2. The van der Waals surface area contributed by atoms with E-state index in [9.17, 15) is 18.7 Å². The minimum atomic E-state index is -1.75. The summed E-state index contributed by atoms with van der Waals surface area (Å²) in [5.74, 6) is 1.56. The number of phenolic OH excluding ortho intramolecular Hbond substituents is 1. The molecule has 0 unspecified atom stereocenters. The average molecular weight is 430 g/mol. The number of aromatic nitrogens is 2. The number of oxazole rings is 1. The van der Waals surface area contributed by atoms with Gasteiger partial charge in [0, 0.05) is 24.6 Å². The van der Waals surface area contributed by atoms with E-state index in [1.807, 2.05) is 19.1 Å². The molecule has 0 spiro atoms. The number of rotatable bonds is 8. The third-order valence-corrected chi connectivity index (χ3v) is 4.81. The molecule has 0 radical (unpaired) electrons. The van der Waals surface area contributed by atoms with Crippen molar-refractivity contribution in [1.82, 2.24) is 9.97 Å². The van der Waals surface area contributed by atoms with Gasteiger partial charge in [-0.05, 0) is 55.5 Å². The van der Waals surface area contributed by atoms with Crippen LogP contribution in [0.3, 0.4) is 0 Å². The van der Waals surface area contributed by atoms with E-state index in [0.717, 1.165) is 11.1 Å². The topological polar surface area (TPSA) is 85.5 Å². The molecule has 164 valence electrons. The van der Waals surface area contributed by atoms with Gasteiger partial charge < -0.3 is 14.3 Å². The number of nitrogens with zero attached hydrogens (tertiary/aromatic N) is 2. The maximum Gasteiger partial charge on any atom is 0.229 e. The summed E-state index contributed by atoms with van der Waals surface area (Å²) >= 11 is 0. The Balaban J connectivity index is 0.000000858. The standard InChI is InChI=1S/C22H22N2O4.CH2F2/c1-14-3-2-10-23-21(14)19(26)9-7-17-13-28-22(24-17)16-6-8-18(25)20(11-16)27-12-15-4-5-15;2-1-3/h2-3,6,8,10-11,13,15,25H,4-5,7,9,12H2,1H3;1H2. The Kier molecular flexibility index (Phi) is 7.70. The molecule has 0 bridgehead atoms. The highest BCUT2D eigenvalue weighted by Crippen LogP contribution is 2.34. The number of carbonyl (C=O) groups is 1. The number of pyridine rings is 1. The van der Waals surface area contributed by atoms with Crippen molar-refractivity contribution in [1.29, 1.82) is 0 Å². The van der Waals surface area contributed by atoms with Gasteiger partial charge in [-0.15, -0.1) is 0 Å². The van der Waals surface area contributed by atoms with E-state index >= 15 is 0 Å². The van der Waals surface area contributed by atoms with Crippen LogP contribution in [0.2, 0.25) is 0 Å². The van der Waals surface area contributed by atoms with Crippen LogP contribution in [0.1, 0.15) is 41.0 Å². The molecule has 3 aromatic rings. The number of benzene rings is 1. The van der Waals surface area contributed by atoms with Crippen LogP contribution >= 0.6 is 0 Å². The van der Waals surface area contributed by atoms with Crippen LogP contribution in [-0.2, 0) is 6.42 Å². The molecule has 2 aromatic heterocycles. The molecule has 0 saturated heterocycles. The summed E-state index contributed by atoms with van der Waals surface area (Å²) in [4.78, 5) is 21.0. The van der Waals surface area contributed by atoms with Gasteiger partial charge in [-0.3, -0.25) is 9.78 Å². The zero-order valence-electron chi connectivity index (χ0n) is 17.2. The van der Waals surface area contributed by atoms with Crippen LogP contribution in [0.25, 0.3) is 11.5 Å². The predicted octanol–water partition coefficient (Wildman–Crippen LogP) is 5.24. The van der Waals surface area contributed by atoms with Gasteiger partial charge in [-0.25, -0.2) is 13.8 Å². The number of ketones is 1. The first-order valence-corrected chi connectivity index (χ1v) is 9.99. The average Bonchev–Trinajstić information content (AvgIpc) is 3.47. The van der Waals surface area contributed by atoms with Crippen molar-refractivity contribution in [2.75, 3.05) is 13.5 Å². The number of alkyl halides is 2. The Labute approximate surface area is 178 Å². The highest BCUT2D eigenvalue weighted by Gasteiger charge is 2.22.